The summed E-state index contributed by atoms with van der Waals surface area (Å²) in [4.78, 5) is 39.1. The van der Waals surface area contributed by atoms with Gasteiger partial charge in [0.2, 0.25) is 17.7 Å². The summed E-state index contributed by atoms with van der Waals surface area (Å²) in [6, 6.07) is 9.87. The summed E-state index contributed by atoms with van der Waals surface area (Å²) in [6.45, 7) is 2.64. The zero-order valence-corrected chi connectivity index (χ0v) is 21.7. The van der Waals surface area contributed by atoms with Crippen molar-refractivity contribution >= 4 is 44.2 Å². The molecule has 1 unspecified atom stereocenters. The molecule has 39 heavy (non-hydrogen) atoms. The number of anilines is 2. The molecular weight excluding hydrogens is 533 g/mol. The molecule has 0 radical (unpaired) electrons. The zero-order chi connectivity index (χ0) is 27.7. The number of aromatic nitrogens is 3. The molecule has 0 aliphatic carbocycles. The van der Waals surface area contributed by atoms with Gasteiger partial charge in [-0.1, -0.05) is 23.5 Å². The Labute approximate surface area is 225 Å². The van der Waals surface area contributed by atoms with E-state index in [2.05, 4.69) is 25.6 Å². The molecule has 1 saturated heterocycles. The fraction of sp³-hybridized carbons (Fsp3) is 0.269. The quantitative estimate of drug-likeness (QED) is 0.327. The number of rotatable bonds is 6. The van der Waals surface area contributed by atoms with Gasteiger partial charge in [-0.05, 0) is 44.3 Å². The van der Waals surface area contributed by atoms with Crippen LogP contribution < -0.4 is 15.4 Å². The van der Waals surface area contributed by atoms with E-state index in [0.29, 0.717) is 29.4 Å². The minimum Gasteiger partial charge on any atom is -0.437 e. The lowest BCUT2D eigenvalue weighted by molar-refractivity contribution is -0.137. The van der Waals surface area contributed by atoms with E-state index in [1.54, 1.807) is 12.1 Å². The Morgan fingerprint density at radius 3 is 2.67 bits per heavy atom. The average molecular weight is 557 g/mol. The number of hydrogen-bond acceptors (Lipinski definition) is 8. The van der Waals surface area contributed by atoms with Gasteiger partial charge in [-0.15, -0.1) is 0 Å². The van der Waals surface area contributed by atoms with Crippen molar-refractivity contribution in [3.63, 3.8) is 0 Å². The van der Waals surface area contributed by atoms with Gasteiger partial charge in [0.05, 0.1) is 27.6 Å². The van der Waals surface area contributed by atoms with Crippen molar-refractivity contribution in [2.24, 2.45) is 5.92 Å². The minimum absolute atomic E-state index is 0.00409. The average Bonchev–Trinajstić information content (AvgIpc) is 3.49. The van der Waals surface area contributed by atoms with Crippen molar-refractivity contribution in [2.75, 3.05) is 30.8 Å². The molecule has 4 aromatic rings. The van der Waals surface area contributed by atoms with Crippen LogP contribution in [0.1, 0.15) is 18.9 Å². The van der Waals surface area contributed by atoms with E-state index >= 15 is 0 Å². The molecule has 3 heterocycles. The van der Waals surface area contributed by atoms with Crippen LogP contribution in [0.4, 0.5) is 24.0 Å². The molecule has 2 aromatic heterocycles. The molecule has 0 spiro atoms. The number of likely N-dealkylation sites (tertiary alicyclic amines) is 1. The fourth-order valence-corrected chi connectivity index (χ4v) is 5.23. The third kappa shape index (κ3) is 5.99. The Hall–Kier alpha value is -4.10. The Morgan fingerprint density at radius 2 is 1.95 bits per heavy atom. The van der Waals surface area contributed by atoms with Crippen molar-refractivity contribution < 1.29 is 27.5 Å². The largest absolute Gasteiger partial charge is 0.437 e. The predicted molar refractivity (Wildman–Crippen MR) is 141 cm³/mol. The first-order valence-corrected chi connectivity index (χ1v) is 12.8. The number of amides is 2. The number of hydrogen-bond donors (Lipinski definition) is 2. The molecule has 1 aliphatic rings. The topological polar surface area (TPSA) is 109 Å². The number of fused-ring (bicyclic) bond motifs is 1. The predicted octanol–water partition coefficient (Wildman–Crippen LogP) is 5.41. The maximum Gasteiger partial charge on any atom is 0.416 e. The second-order valence-corrected chi connectivity index (χ2v) is 10.2. The van der Waals surface area contributed by atoms with Crippen LogP contribution in [0.2, 0.25) is 0 Å². The van der Waals surface area contributed by atoms with E-state index in [1.807, 2.05) is 18.0 Å². The molecule has 2 aromatic carbocycles. The Kier molecular flexibility index (Phi) is 7.19. The number of para-hydroxylation sites is 1. The van der Waals surface area contributed by atoms with Crippen molar-refractivity contribution in [3.8, 4) is 22.9 Å². The first kappa shape index (κ1) is 26.5. The minimum atomic E-state index is -4.59. The summed E-state index contributed by atoms with van der Waals surface area (Å²) in [5, 5.41) is 5.74. The van der Waals surface area contributed by atoms with Crippen molar-refractivity contribution in [3.05, 3.63) is 54.4 Å². The van der Waals surface area contributed by atoms with Crippen LogP contribution in [0.15, 0.2) is 48.8 Å². The first-order chi connectivity index (χ1) is 18.6. The molecule has 1 atom stereocenters. The highest BCUT2D eigenvalue weighted by molar-refractivity contribution is 7.22. The molecule has 9 nitrogen and oxygen atoms in total. The molecule has 13 heteroatoms. The van der Waals surface area contributed by atoms with Gasteiger partial charge in [-0.3, -0.25) is 9.59 Å². The third-order valence-corrected chi connectivity index (χ3v) is 7.10. The van der Waals surface area contributed by atoms with Crippen LogP contribution in [0.3, 0.4) is 0 Å². The van der Waals surface area contributed by atoms with E-state index in [-0.39, 0.29) is 40.6 Å². The number of alkyl halides is 3. The van der Waals surface area contributed by atoms with Gasteiger partial charge >= 0.3 is 6.18 Å². The molecule has 1 aliphatic heterocycles. The molecule has 0 saturated carbocycles. The first-order valence-electron chi connectivity index (χ1n) is 11.9. The lowest BCUT2D eigenvalue weighted by Crippen LogP contribution is -2.25. The molecule has 5 rings (SSSR count). The summed E-state index contributed by atoms with van der Waals surface area (Å²) >= 11 is 1.28. The zero-order valence-electron chi connectivity index (χ0n) is 20.9. The number of carbonyl (C=O) groups is 2. The lowest BCUT2D eigenvalue weighted by Gasteiger charge is -2.17. The van der Waals surface area contributed by atoms with E-state index < -0.39 is 11.7 Å². The van der Waals surface area contributed by atoms with E-state index in [4.69, 9.17) is 4.74 Å². The summed E-state index contributed by atoms with van der Waals surface area (Å²) in [5.74, 6) is -0.442. The second kappa shape index (κ2) is 10.6. The molecular formula is C26H23F3N6O3S. The molecule has 0 bridgehead atoms. The SMILES string of the molecule is CC(=O)Nc1nc2c(Oc3cc(-c4ccc(C(F)(F)F)cc4NC(=O)C4CCN(C)C4)ncn3)cccc2s1. The van der Waals surface area contributed by atoms with E-state index in [0.717, 1.165) is 23.4 Å². The third-order valence-electron chi connectivity index (χ3n) is 6.16. The van der Waals surface area contributed by atoms with Crippen molar-refractivity contribution in [2.45, 2.75) is 19.5 Å². The molecule has 1 fully saturated rings. The monoisotopic (exact) mass is 556 g/mol. The Balaban J connectivity index is 1.47. The van der Waals surface area contributed by atoms with E-state index in [1.165, 1.54) is 36.7 Å². The number of nitrogens with one attached hydrogen (secondary N) is 2. The highest BCUT2D eigenvalue weighted by Crippen LogP contribution is 2.38. The van der Waals surface area contributed by atoms with Crippen LogP contribution in [-0.2, 0) is 15.8 Å². The van der Waals surface area contributed by atoms with Crippen molar-refractivity contribution in [1.82, 2.24) is 19.9 Å². The van der Waals surface area contributed by atoms with Gasteiger partial charge in [0, 0.05) is 25.1 Å². The van der Waals surface area contributed by atoms with Gasteiger partial charge < -0.3 is 20.3 Å². The van der Waals surface area contributed by atoms with Crippen LogP contribution in [0.5, 0.6) is 11.6 Å². The number of thiazole rings is 1. The smallest absolute Gasteiger partial charge is 0.416 e. The fourth-order valence-electron chi connectivity index (χ4n) is 4.30. The summed E-state index contributed by atoms with van der Waals surface area (Å²) in [6.07, 6.45) is -2.74. The van der Waals surface area contributed by atoms with Crippen LogP contribution >= 0.6 is 11.3 Å². The number of nitrogens with zero attached hydrogens (tertiary/aromatic N) is 4. The summed E-state index contributed by atoms with van der Waals surface area (Å²) in [7, 11) is 1.89. The van der Waals surface area contributed by atoms with E-state index in [9.17, 15) is 22.8 Å². The molecule has 202 valence electrons. The highest BCUT2D eigenvalue weighted by Gasteiger charge is 2.32. The maximum atomic E-state index is 13.5. The highest BCUT2D eigenvalue weighted by atomic mass is 32.1. The van der Waals surface area contributed by atoms with Crippen LogP contribution in [0.25, 0.3) is 21.5 Å². The number of ether oxygens (including phenoxy) is 1. The second-order valence-electron chi connectivity index (χ2n) is 9.14. The van der Waals surface area contributed by atoms with Crippen molar-refractivity contribution in [1.29, 1.82) is 0 Å². The van der Waals surface area contributed by atoms with Gasteiger partial charge in [0.25, 0.3) is 0 Å². The molecule has 2 N–H and O–H groups in total. The van der Waals surface area contributed by atoms with Gasteiger partial charge in [-0.2, -0.15) is 13.2 Å². The Bertz CT molecular complexity index is 1560. The summed E-state index contributed by atoms with van der Waals surface area (Å²) < 4.78 is 47.3. The summed E-state index contributed by atoms with van der Waals surface area (Å²) in [5.41, 5.74) is 0.165. The standard InChI is InChI=1S/C26H23F3N6O3S/c1-14(36)32-25-34-23-20(4-3-5-21(23)39-25)38-22-11-18(30-13-31-22)17-7-6-16(26(27,28)29)10-19(17)33-24(37)15-8-9-35(2)12-15/h3-7,10-11,13,15H,8-9,12H2,1-2H3,(H,33,37)(H,32,34,36). The normalized spacial score (nSPS) is 15.9. The number of benzene rings is 2. The van der Waals surface area contributed by atoms with Gasteiger partial charge in [0.15, 0.2) is 10.9 Å². The van der Waals surface area contributed by atoms with Gasteiger partial charge in [-0.25, -0.2) is 15.0 Å². The van der Waals surface area contributed by atoms with Crippen LogP contribution in [0, 0.1) is 5.92 Å². The Morgan fingerprint density at radius 1 is 1.13 bits per heavy atom. The van der Waals surface area contributed by atoms with Gasteiger partial charge in [0.1, 0.15) is 11.8 Å². The lowest BCUT2D eigenvalue weighted by atomic mass is 10.0. The van der Waals surface area contributed by atoms with Crippen LogP contribution in [-0.4, -0.2) is 51.8 Å². The number of carbonyl (C=O) groups excluding carboxylic acids is 2. The maximum absolute atomic E-state index is 13.5. The number of halogens is 3. The molecule has 2 amide bonds.